The Morgan fingerprint density at radius 3 is 2.44 bits per heavy atom. The maximum absolute atomic E-state index is 12.3. The molecule has 0 fully saturated rings. The third-order valence-corrected chi connectivity index (χ3v) is 4.93. The number of primary sulfonamides is 1. The van der Waals surface area contributed by atoms with Gasteiger partial charge in [0, 0.05) is 5.56 Å². The highest BCUT2D eigenvalue weighted by Gasteiger charge is 2.14. The van der Waals surface area contributed by atoms with Gasteiger partial charge >= 0.3 is 0 Å². The van der Waals surface area contributed by atoms with Gasteiger partial charge in [-0.25, -0.2) is 18.5 Å². The van der Waals surface area contributed by atoms with Crippen molar-refractivity contribution in [3.63, 3.8) is 0 Å². The number of sulfonamides is 1. The summed E-state index contributed by atoms with van der Waals surface area (Å²) in [5.41, 5.74) is 2.14. The Kier molecular flexibility index (Phi) is 5.38. The van der Waals surface area contributed by atoms with E-state index < -0.39 is 10.0 Å². The summed E-state index contributed by atoms with van der Waals surface area (Å²) in [5.74, 6) is 0.246. The van der Waals surface area contributed by atoms with Gasteiger partial charge in [-0.3, -0.25) is 4.79 Å². The number of carbonyl (C=O) groups is 1. The summed E-state index contributed by atoms with van der Waals surface area (Å²) in [4.78, 5) is 16.6. The van der Waals surface area contributed by atoms with Gasteiger partial charge in [-0.05, 0) is 36.8 Å². The molecular weight excluding hydrogens is 366 g/mol. The number of aromatic nitrogens is 1. The van der Waals surface area contributed by atoms with E-state index in [-0.39, 0.29) is 23.3 Å². The predicted molar refractivity (Wildman–Crippen MR) is 100 cm³/mol. The molecule has 0 saturated heterocycles. The topological polar surface area (TPSA) is 115 Å². The van der Waals surface area contributed by atoms with Crippen LogP contribution < -0.4 is 10.5 Å². The van der Waals surface area contributed by atoms with Crippen LogP contribution in [0.3, 0.4) is 0 Å². The van der Waals surface area contributed by atoms with Crippen LogP contribution in [0, 0.1) is 0 Å². The fraction of sp³-hybridized carbons (Fsp3) is 0.158. The molecule has 3 aromatic rings. The Morgan fingerprint density at radius 2 is 1.81 bits per heavy atom. The molecule has 0 spiro atoms. The van der Waals surface area contributed by atoms with Crippen LogP contribution in [0.4, 0.5) is 0 Å². The lowest BCUT2D eigenvalue weighted by Gasteiger charge is -2.14. The Morgan fingerprint density at radius 1 is 1.15 bits per heavy atom. The molecule has 1 amide bonds. The summed E-state index contributed by atoms with van der Waals surface area (Å²) in [5, 5.41) is 7.93. The molecule has 0 bridgehead atoms. The van der Waals surface area contributed by atoms with Crippen LogP contribution in [0.1, 0.15) is 24.2 Å². The monoisotopic (exact) mass is 385 g/mol. The van der Waals surface area contributed by atoms with Gasteiger partial charge < -0.3 is 9.73 Å². The van der Waals surface area contributed by atoms with Crippen molar-refractivity contribution in [2.75, 3.05) is 0 Å². The Hall–Kier alpha value is -2.97. The highest BCUT2D eigenvalue weighted by atomic mass is 32.2. The molecular formula is C19H19N3O4S. The van der Waals surface area contributed by atoms with E-state index in [4.69, 9.17) is 9.56 Å². The fourth-order valence-corrected chi connectivity index (χ4v) is 3.10. The summed E-state index contributed by atoms with van der Waals surface area (Å²) in [6, 6.07) is 15.2. The Bertz CT molecular complexity index is 1030. The molecule has 2 aromatic carbocycles. The molecule has 0 radical (unpaired) electrons. The van der Waals surface area contributed by atoms with Crippen molar-refractivity contribution in [3.05, 3.63) is 72.1 Å². The van der Waals surface area contributed by atoms with Crippen LogP contribution in [-0.2, 0) is 21.2 Å². The molecule has 1 atom stereocenters. The first-order chi connectivity index (χ1) is 12.8. The summed E-state index contributed by atoms with van der Waals surface area (Å²) in [6.07, 6.45) is 1.55. The van der Waals surface area contributed by atoms with E-state index in [1.54, 1.807) is 12.1 Å². The smallest absolute Gasteiger partial charge is 0.238 e. The standard InChI is InChI=1S/C19H19N3O4S/c1-13(14-7-9-17(10-8-14)27(20,24)25)21-18(23)11-16-12-26-19(22-16)15-5-3-2-4-6-15/h2-10,12-13H,11H2,1H3,(H,21,23)(H2,20,24,25)/t13-/m0/s1. The van der Waals surface area contributed by atoms with Crippen LogP contribution in [0.2, 0.25) is 0 Å². The molecule has 1 aromatic heterocycles. The second-order valence-electron chi connectivity index (χ2n) is 6.09. The Labute approximate surface area is 157 Å². The quantitative estimate of drug-likeness (QED) is 0.676. The van der Waals surface area contributed by atoms with Crippen molar-refractivity contribution in [1.29, 1.82) is 0 Å². The zero-order valence-electron chi connectivity index (χ0n) is 14.6. The SMILES string of the molecule is C[C@H](NC(=O)Cc1coc(-c2ccccc2)n1)c1ccc(S(N)(=O)=O)cc1. The molecule has 27 heavy (non-hydrogen) atoms. The summed E-state index contributed by atoms with van der Waals surface area (Å²) >= 11 is 0. The minimum absolute atomic E-state index is 0.0285. The minimum Gasteiger partial charge on any atom is -0.444 e. The van der Waals surface area contributed by atoms with Crippen LogP contribution in [-0.4, -0.2) is 19.3 Å². The lowest BCUT2D eigenvalue weighted by atomic mass is 10.1. The number of nitrogens with two attached hydrogens (primary N) is 1. The van der Waals surface area contributed by atoms with Crippen LogP contribution in [0.5, 0.6) is 0 Å². The zero-order chi connectivity index (χ0) is 19.4. The number of rotatable bonds is 6. The van der Waals surface area contributed by atoms with E-state index in [0.717, 1.165) is 11.1 Å². The van der Waals surface area contributed by atoms with Crippen molar-refractivity contribution in [3.8, 4) is 11.5 Å². The largest absolute Gasteiger partial charge is 0.444 e. The molecule has 0 aliphatic carbocycles. The van der Waals surface area contributed by atoms with E-state index in [2.05, 4.69) is 10.3 Å². The average Bonchev–Trinajstić information content (AvgIpc) is 3.10. The van der Waals surface area contributed by atoms with Crippen LogP contribution >= 0.6 is 0 Å². The van der Waals surface area contributed by atoms with E-state index in [0.29, 0.717) is 11.6 Å². The van der Waals surface area contributed by atoms with Gasteiger partial charge in [0.15, 0.2) is 0 Å². The van der Waals surface area contributed by atoms with Gasteiger partial charge in [0.2, 0.25) is 21.8 Å². The zero-order valence-corrected chi connectivity index (χ0v) is 15.4. The molecule has 7 nitrogen and oxygen atoms in total. The molecule has 0 saturated carbocycles. The minimum atomic E-state index is -3.74. The normalized spacial score (nSPS) is 12.5. The second-order valence-corrected chi connectivity index (χ2v) is 7.65. The summed E-state index contributed by atoms with van der Waals surface area (Å²) in [7, 11) is -3.74. The molecule has 0 aliphatic heterocycles. The van der Waals surface area contributed by atoms with Crippen molar-refractivity contribution < 1.29 is 17.6 Å². The molecule has 1 heterocycles. The van der Waals surface area contributed by atoms with Gasteiger partial charge in [-0.1, -0.05) is 30.3 Å². The predicted octanol–water partition coefficient (Wildman–Crippen LogP) is 2.41. The number of oxazole rings is 1. The number of hydrogen-bond donors (Lipinski definition) is 2. The third-order valence-electron chi connectivity index (χ3n) is 4.00. The lowest BCUT2D eigenvalue weighted by molar-refractivity contribution is -0.121. The number of benzene rings is 2. The maximum Gasteiger partial charge on any atom is 0.238 e. The van der Waals surface area contributed by atoms with Gasteiger partial charge in [0.1, 0.15) is 6.26 Å². The lowest BCUT2D eigenvalue weighted by Crippen LogP contribution is -2.28. The number of amides is 1. The summed E-state index contributed by atoms with van der Waals surface area (Å²) in [6.45, 7) is 1.81. The molecule has 140 valence electrons. The number of nitrogens with zero attached hydrogens (tertiary/aromatic N) is 1. The van der Waals surface area contributed by atoms with E-state index in [1.807, 2.05) is 37.3 Å². The molecule has 0 unspecified atom stereocenters. The van der Waals surface area contributed by atoms with E-state index in [1.165, 1.54) is 18.4 Å². The third kappa shape index (κ3) is 4.81. The maximum atomic E-state index is 12.3. The van der Waals surface area contributed by atoms with Crippen molar-refractivity contribution in [2.24, 2.45) is 5.14 Å². The molecule has 3 N–H and O–H groups in total. The van der Waals surface area contributed by atoms with Gasteiger partial charge in [-0.15, -0.1) is 0 Å². The summed E-state index contributed by atoms with van der Waals surface area (Å²) < 4.78 is 28.0. The van der Waals surface area contributed by atoms with Gasteiger partial charge in [0.25, 0.3) is 0 Å². The molecule has 8 heteroatoms. The first-order valence-corrected chi connectivity index (χ1v) is 9.79. The van der Waals surface area contributed by atoms with Crippen LogP contribution in [0.15, 0.2) is 70.2 Å². The number of carbonyl (C=O) groups excluding carboxylic acids is 1. The fourth-order valence-electron chi connectivity index (χ4n) is 2.59. The first-order valence-electron chi connectivity index (χ1n) is 8.25. The van der Waals surface area contributed by atoms with Crippen molar-refractivity contribution >= 4 is 15.9 Å². The van der Waals surface area contributed by atoms with Crippen molar-refractivity contribution in [1.82, 2.24) is 10.3 Å². The number of hydrogen-bond acceptors (Lipinski definition) is 5. The van der Waals surface area contributed by atoms with Crippen molar-refractivity contribution in [2.45, 2.75) is 24.3 Å². The van der Waals surface area contributed by atoms with E-state index >= 15 is 0 Å². The average molecular weight is 385 g/mol. The second kappa shape index (κ2) is 7.73. The van der Waals surface area contributed by atoms with Gasteiger partial charge in [-0.2, -0.15) is 0 Å². The first kappa shape index (κ1) is 18.8. The van der Waals surface area contributed by atoms with Crippen LogP contribution in [0.25, 0.3) is 11.5 Å². The van der Waals surface area contributed by atoms with Gasteiger partial charge in [0.05, 0.1) is 23.1 Å². The molecule has 3 rings (SSSR count). The number of nitrogens with one attached hydrogen (secondary N) is 1. The molecule has 0 aliphatic rings. The van der Waals surface area contributed by atoms with E-state index in [9.17, 15) is 13.2 Å². The highest BCUT2D eigenvalue weighted by Crippen LogP contribution is 2.19. The highest BCUT2D eigenvalue weighted by molar-refractivity contribution is 7.89. The Balaban J connectivity index is 1.61.